The Hall–Kier alpha value is -1.25. The molecule has 7 heteroatoms. The largest absolute Gasteiger partial charge is 0.413 e. The molecule has 4 rings (SSSR count). The molecular weight excluding hydrogens is 458 g/mol. The predicted molar refractivity (Wildman–Crippen MR) is 139 cm³/mol. The SMILES string of the molecule is CC1(C)COC2(C[C@H]3C[C@@H](O[Si](C)(C)C(C)(C)C)[C@H](C(=O)N[C@@H](CO)c4ccccc4)[C@H]3C2)OC1. The zero-order valence-electron chi connectivity index (χ0n) is 22.6. The Bertz CT molecular complexity index is 886. The van der Waals surface area contributed by atoms with E-state index in [4.69, 9.17) is 13.9 Å². The van der Waals surface area contributed by atoms with E-state index in [9.17, 15) is 9.90 Å². The normalized spacial score (nSPS) is 30.7. The van der Waals surface area contributed by atoms with Crippen molar-refractivity contribution < 1.29 is 23.8 Å². The standard InChI is InChI=1S/C28H45NO5Si/c1-26(2,3)35(6,7)34-23-13-20-14-28(32-17-27(4,5)18-33-28)15-21(20)24(23)25(31)29-22(16-30)19-11-9-8-10-12-19/h8-12,20-24,30H,13-18H2,1-7H3,(H,29,31)/t20-,21+,22+,23-,24-/m1/s1. The Morgan fingerprint density at radius 1 is 1.17 bits per heavy atom. The summed E-state index contributed by atoms with van der Waals surface area (Å²) in [6, 6.07) is 9.25. The topological polar surface area (TPSA) is 77.0 Å². The minimum atomic E-state index is -2.08. The Balaban J connectivity index is 1.57. The molecule has 6 nitrogen and oxygen atoms in total. The first-order valence-electron chi connectivity index (χ1n) is 13.2. The molecule has 0 unspecified atom stereocenters. The number of hydrogen-bond acceptors (Lipinski definition) is 5. The lowest BCUT2D eigenvalue weighted by Crippen LogP contribution is -2.50. The highest BCUT2D eigenvalue weighted by Crippen LogP contribution is 2.56. The summed E-state index contributed by atoms with van der Waals surface area (Å²) < 4.78 is 19.6. The smallest absolute Gasteiger partial charge is 0.226 e. The first-order valence-corrected chi connectivity index (χ1v) is 16.1. The molecule has 5 atom stereocenters. The molecule has 1 heterocycles. The third-order valence-corrected chi connectivity index (χ3v) is 13.3. The summed E-state index contributed by atoms with van der Waals surface area (Å²) >= 11 is 0. The van der Waals surface area contributed by atoms with E-state index in [0.717, 1.165) is 24.8 Å². The van der Waals surface area contributed by atoms with Gasteiger partial charge in [-0.25, -0.2) is 0 Å². The molecule has 2 aliphatic carbocycles. The van der Waals surface area contributed by atoms with Gasteiger partial charge in [0.1, 0.15) is 0 Å². The molecule has 1 aromatic rings. The van der Waals surface area contributed by atoms with Gasteiger partial charge in [-0.3, -0.25) is 4.79 Å². The van der Waals surface area contributed by atoms with E-state index in [0.29, 0.717) is 19.1 Å². The van der Waals surface area contributed by atoms with Gasteiger partial charge in [-0.2, -0.15) is 0 Å². The van der Waals surface area contributed by atoms with Crippen LogP contribution in [0.2, 0.25) is 18.1 Å². The number of benzene rings is 1. The van der Waals surface area contributed by atoms with Crippen molar-refractivity contribution in [2.75, 3.05) is 19.8 Å². The third kappa shape index (κ3) is 5.54. The van der Waals surface area contributed by atoms with Crippen LogP contribution in [0.25, 0.3) is 0 Å². The number of amides is 1. The number of carbonyl (C=O) groups excluding carboxylic acids is 1. The second-order valence-corrected chi connectivity index (χ2v) is 18.1. The molecule has 1 spiro atoms. The second-order valence-electron chi connectivity index (χ2n) is 13.3. The Morgan fingerprint density at radius 3 is 2.37 bits per heavy atom. The third-order valence-electron chi connectivity index (χ3n) is 8.83. The molecular formula is C28H45NO5Si. The highest BCUT2D eigenvalue weighted by Gasteiger charge is 2.60. The van der Waals surface area contributed by atoms with E-state index in [1.54, 1.807) is 0 Å². The average Bonchev–Trinajstić information content (AvgIpc) is 3.27. The highest BCUT2D eigenvalue weighted by molar-refractivity contribution is 6.74. The van der Waals surface area contributed by atoms with E-state index >= 15 is 0 Å². The number of fused-ring (bicyclic) bond motifs is 1. The first-order chi connectivity index (χ1) is 16.3. The van der Waals surface area contributed by atoms with Crippen molar-refractivity contribution in [2.45, 2.75) is 89.9 Å². The summed E-state index contributed by atoms with van der Waals surface area (Å²) in [6.07, 6.45) is 2.26. The van der Waals surface area contributed by atoms with Crippen LogP contribution in [-0.2, 0) is 18.7 Å². The summed E-state index contributed by atoms with van der Waals surface area (Å²) in [7, 11) is -2.08. The predicted octanol–water partition coefficient (Wildman–Crippen LogP) is 5.04. The minimum absolute atomic E-state index is 0.0116. The van der Waals surface area contributed by atoms with Crippen molar-refractivity contribution in [2.24, 2.45) is 23.2 Å². The molecule has 1 saturated heterocycles. The van der Waals surface area contributed by atoms with E-state index in [2.05, 4.69) is 53.0 Å². The number of ether oxygens (including phenoxy) is 2. The molecule has 0 aromatic heterocycles. The summed E-state index contributed by atoms with van der Waals surface area (Å²) in [4.78, 5) is 13.9. The number of aliphatic hydroxyl groups excluding tert-OH is 1. The van der Waals surface area contributed by atoms with Gasteiger partial charge in [0.2, 0.25) is 5.91 Å². The van der Waals surface area contributed by atoms with Gasteiger partial charge < -0.3 is 24.3 Å². The van der Waals surface area contributed by atoms with Gasteiger partial charge >= 0.3 is 0 Å². The van der Waals surface area contributed by atoms with Crippen LogP contribution in [-0.4, -0.2) is 51.0 Å². The average molecular weight is 504 g/mol. The summed E-state index contributed by atoms with van der Waals surface area (Å²) in [5.41, 5.74) is 0.918. The molecule has 1 aromatic carbocycles. The maximum atomic E-state index is 13.9. The highest BCUT2D eigenvalue weighted by atomic mass is 28.4. The Morgan fingerprint density at radius 2 is 1.80 bits per heavy atom. The molecule has 2 saturated carbocycles. The van der Waals surface area contributed by atoms with Gasteiger partial charge in [0.05, 0.1) is 37.9 Å². The summed E-state index contributed by atoms with van der Waals surface area (Å²) in [5.74, 6) is -0.431. The number of nitrogens with one attached hydrogen (secondary N) is 1. The van der Waals surface area contributed by atoms with Crippen molar-refractivity contribution in [1.29, 1.82) is 0 Å². The van der Waals surface area contributed by atoms with Crippen LogP contribution in [0, 0.1) is 23.2 Å². The Labute approximate surface area is 212 Å². The van der Waals surface area contributed by atoms with Crippen LogP contribution >= 0.6 is 0 Å². The van der Waals surface area contributed by atoms with Crippen LogP contribution in [0.3, 0.4) is 0 Å². The maximum Gasteiger partial charge on any atom is 0.226 e. The van der Waals surface area contributed by atoms with Gasteiger partial charge in [0.15, 0.2) is 14.1 Å². The zero-order chi connectivity index (χ0) is 25.6. The molecule has 35 heavy (non-hydrogen) atoms. The van der Waals surface area contributed by atoms with Gasteiger partial charge in [-0.05, 0) is 42.0 Å². The summed E-state index contributed by atoms with van der Waals surface area (Å²) in [5, 5.41) is 13.3. The Kier molecular flexibility index (Phi) is 7.32. The van der Waals surface area contributed by atoms with E-state index < -0.39 is 20.1 Å². The lowest BCUT2D eigenvalue weighted by molar-refractivity contribution is -0.298. The molecule has 3 fully saturated rings. The fraction of sp³-hybridized carbons (Fsp3) is 0.750. The summed E-state index contributed by atoms with van der Waals surface area (Å²) in [6.45, 7) is 16.8. The zero-order valence-corrected chi connectivity index (χ0v) is 23.6. The van der Waals surface area contributed by atoms with Crippen molar-refractivity contribution in [1.82, 2.24) is 5.32 Å². The molecule has 0 radical (unpaired) electrons. The van der Waals surface area contributed by atoms with Gasteiger partial charge in [-0.15, -0.1) is 0 Å². The lowest BCUT2D eigenvalue weighted by Gasteiger charge is -2.43. The number of rotatable bonds is 6. The van der Waals surface area contributed by atoms with Crippen LogP contribution < -0.4 is 5.32 Å². The van der Waals surface area contributed by atoms with Crippen molar-refractivity contribution in [3.8, 4) is 0 Å². The molecule has 2 N–H and O–H groups in total. The quantitative estimate of drug-likeness (QED) is 0.532. The fourth-order valence-electron chi connectivity index (χ4n) is 5.76. The van der Waals surface area contributed by atoms with Gasteiger partial charge in [0.25, 0.3) is 0 Å². The van der Waals surface area contributed by atoms with E-state index in [1.807, 2.05) is 30.3 Å². The maximum absolute atomic E-state index is 13.9. The van der Waals surface area contributed by atoms with Crippen LogP contribution in [0.4, 0.5) is 0 Å². The second kappa shape index (κ2) is 9.56. The molecule has 3 aliphatic rings. The molecule has 1 aliphatic heterocycles. The number of aliphatic hydroxyl groups is 1. The van der Waals surface area contributed by atoms with Crippen LogP contribution in [0.1, 0.15) is 65.5 Å². The minimum Gasteiger partial charge on any atom is -0.413 e. The number of carbonyl (C=O) groups is 1. The van der Waals surface area contributed by atoms with Crippen LogP contribution in [0.5, 0.6) is 0 Å². The van der Waals surface area contributed by atoms with Gasteiger partial charge in [0, 0.05) is 18.3 Å². The van der Waals surface area contributed by atoms with Crippen LogP contribution in [0.15, 0.2) is 30.3 Å². The lowest BCUT2D eigenvalue weighted by atomic mass is 9.89. The van der Waals surface area contributed by atoms with E-state index in [1.165, 1.54) is 0 Å². The van der Waals surface area contributed by atoms with Crippen molar-refractivity contribution in [3.63, 3.8) is 0 Å². The monoisotopic (exact) mass is 503 g/mol. The number of hydrogen-bond donors (Lipinski definition) is 2. The molecule has 0 bridgehead atoms. The van der Waals surface area contributed by atoms with Crippen molar-refractivity contribution >= 4 is 14.2 Å². The van der Waals surface area contributed by atoms with Gasteiger partial charge in [-0.1, -0.05) is 65.0 Å². The van der Waals surface area contributed by atoms with Crippen molar-refractivity contribution in [3.05, 3.63) is 35.9 Å². The van der Waals surface area contributed by atoms with E-state index in [-0.39, 0.29) is 40.9 Å². The molecule has 196 valence electrons. The first kappa shape index (κ1) is 26.8. The molecule has 1 amide bonds. The fourth-order valence-corrected chi connectivity index (χ4v) is 7.11.